The molecule has 1 saturated carbocycles. The number of primary amides is 1. The molecule has 3 aromatic rings. The number of rotatable bonds is 5. The van der Waals surface area contributed by atoms with E-state index in [0.29, 0.717) is 30.2 Å². The van der Waals surface area contributed by atoms with Crippen LogP contribution in [0.4, 0.5) is 11.6 Å². The summed E-state index contributed by atoms with van der Waals surface area (Å²) in [5, 5.41) is 15.4. The van der Waals surface area contributed by atoms with Crippen molar-refractivity contribution in [3.63, 3.8) is 0 Å². The van der Waals surface area contributed by atoms with Crippen molar-refractivity contribution in [2.24, 2.45) is 17.1 Å². The van der Waals surface area contributed by atoms with Crippen LogP contribution in [0.25, 0.3) is 10.4 Å². The second kappa shape index (κ2) is 8.26. The summed E-state index contributed by atoms with van der Waals surface area (Å²) in [6.45, 7) is 7.95. The lowest BCUT2D eigenvalue weighted by molar-refractivity contribution is -0.134. The molecule has 1 aromatic carbocycles. The van der Waals surface area contributed by atoms with E-state index in [1.807, 2.05) is 52.1 Å². The molecule has 2 heterocycles. The molecule has 2 atom stereocenters. The molecule has 0 aliphatic heterocycles. The van der Waals surface area contributed by atoms with E-state index in [0.717, 1.165) is 27.4 Å². The van der Waals surface area contributed by atoms with Gasteiger partial charge in [0.25, 0.3) is 0 Å². The molecule has 1 aliphatic carbocycles. The Kier molecular flexibility index (Phi) is 5.77. The zero-order chi connectivity index (χ0) is 23.1. The molecule has 0 saturated heterocycles. The van der Waals surface area contributed by atoms with Gasteiger partial charge in [-0.1, -0.05) is 19.9 Å². The van der Waals surface area contributed by atoms with Crippen LogP contribution in [0.1, 0.15) is 49.4 Å². The standard InChI is InChI=1S/C24H29N5O2S/c1-14-9-16(11-17(10-14)29-22-26-8-6-15(2)28-22)19-12-27-21(32-19)24(31)7-5-18(20(25)30)23(3,4)13-24/h6,8-12,18,31H,5,7,13H2,1-4H3,(H2,25,30)(H,26,28,29). The summed E-state index contributed by atoms with van der Waals surface area (Å²) >= 11 is 1.49. The van der Waals surface area contributed by atoms with E-state index in [1.54, 1.807) is 6.20 Å². The molecular formula is C24H29N5O2S. The predicted octanol–water partition coefficient (Wildman–Crippen LogP) is 4.46. The molecule has 2 unspecified atom stereocenters. The van der Waals surface area contributed by atoms with Crippen molar-refractivity contribution in [2.45, 2.75) is 52.6 Å². The lowest BCUT2D eigenvalue weighted by atomic mass is 9.63. The van der Waals surface area contributed by atoms with Crippen molar-refractivity contribution in [1.29, 1.82) is 0 Å². The summed E-state index contributed by atoms with van der Waals surface area (Å²) in [5.74, 6) is 0.0139. The van der Waals surface area contributed by atoms with E-state index >= 15 is 0 Å². The number of aromatic nitrogens is 3. The molecule has 8 heteroatoms. The van der Waals surface area contributed by atoms with Gasteiger partial charge in [0.2, 0.25) is 11.9 Å². The highest BCUT2D eigenvalue weighted by molar-refractivity contribution is 7.15. The van der Waals surface area contributed by atoms with Crippen LogP contribution in [0.15, 0.2) is 36.7 Å². The van der Waals surface area contributed by atoms with Gasteiger partial charge in [0, 0.05) is 29.7 Å². The lowest BCUT2D eigenvalue weighted by Crippen LogP contribution is -2.46. The number of aliphatic hydroxyl groups is 1. The highest BCUT2D eigenvalue weighted by atomic mass is 32.1. The van der Waals surface area contributed by atoms with Crippen molar-refractivity contribution in [3.05, 3.63) is 52.9 Å². The molecule has 4 rings (SSSR count). The van der Waals surface area contributed by atoms with Gasteiger partial charge in [-0.15, -0.1) is 11.3 Å². The first kappa shape index (κ1) is 22.4. The monoisotopic (exact) mass is 451 g/mol. The van der Waals surface area contributed by atoms with Crippen LogP contribution in [0.2, 0.25) is 0 Å². The number of nitrogens with zero attached hydrogens (tertiary/aromatic N) is 3. The van der Waals surface area contributed by atoms with Gasteiger partial charge in [-0.2, -0.15) is 0 Å². The van der Waals surface area contributed by atoms with E-state index in [2.05, 4.69) is 26.3 Å². The van der Waals surface area contributed by atoms with E-state index in [4.69, 9.17) is 5.73 Å². The molecule has 1 amide bonds. The number of benzene rings is 1. The molecular weight excluding hydrogens is 422 g/mol. The second-order valence-corrected chi connectivity index (χ2v) is 10.5. The first-order valence-electron chi connectivity index (χ1n) is 10.7. The molecule has 0 radical (unpaired) electrons. The van der Waals surface area contributed by atoms with Crippen molar-refractivity contribution in [2.75, 3.05) is 5.32 Å². The maximum Gasteiger partial charge on any atom is 0.227 e. The number of hydrogen-bond acceptors (Lipinski definition) is 7. The minimum absolute atomic E-state index is 0.239. The number of hydrogen-bond donors (Lipinski definition) is 3. The number of amides is 1. The number of thiazole rings is 1. The Morgan fingerprint density at radius 1 is 1.25 bits per heavy atom. The third-order valence-electron chi connectivity index (χ3n) is 6.20. The molecule has 32 heavy (non-hydrogen) atoms. The smallest absolute Gasteiger partial charge is 0.227 e. The Balaban J connectivity index is 1.60. The summed E-state index contributed by atoms with van der Waals surface area (Å²) in [6, 6.07) is 8.03. The minimum Gasteiger partial charge on any atom is -0.383 e. The molecule has 1 fully saturated rings. The first-order chi connectivity index (χ1) is 15.1. The van der Waals surface area contributed by atoms with Gasteiger partial charge < -0.3 is 16.2 Å². The fourth-order valence-electron chi connectivity index (χ4n) is 4.71. The average Bonchev–Trinajstić information content (AvgIpc) is 3.17. The topological polar surface area (TPSA) is 114 Å². The Morgan fingerprint density at radius 3 is 2.72 bits per heavy atom. The Bertz CT molecular complexity index is 1160. The summed E-state index contributed by atoms with van der Waals surface area (Å²) in [5.41, 5.74) is 8.03. The van der Waals surface area contributed by atoms with E-state index in [9.17, 15) is 9.90 Å². The van der Waals surface area contributed by atoms with Crippen molar-refractivity contribution < 1.29 is 9.90 Å². The summed E-state index contributed by atoms with van der Waals surface area (Å²) < 4.78 is 0. The molecule has 4 N–H and O–H groups in total. The highest BCUT2D eigenvalue weighted by Crippen LogP contribution is 2.50. The fraction of sp³-hybridized carbons (Fsp3) is 0.417. The number of aryl methyl sites for hydroxylation is 2. The maximum absolute atomic E-state index is 11.8. The molecule has 7 nitrogen and oxygen atoms in total. The zero-order valence-corrected chi connectivity index (χ0v) is 19.7. The fourth-order valence-corrected chi connectivity index (χ4v) is 5.73. The zero-order valence-electron chi connectivity index (χ0n) is 18.8. The third kappa shape index (κ3) is 4.52. The summed E-state index contributed by atoms with van der Waals surface area (Å²) in [4.78, 5) is 26.1. The number of anilines is 2. The Hall–Kier alpha value is -2.84. The van der Waals surface area contributed by atoms with Crippen LogP contribution < -0.4 is 11.1 Å². The average molecular weight is 452 g/mol. The number of carbonyl (C=O) groups excluding carboxylic acids is 1. The van der Waals surface area contributed by atoms with Crippen LogP contribution in [-0.2, 0) is 10.4 Å². The number of nitrogens with one attached hydrogen (secondary N) is 1. The van der Waals surface area contributed by atoms with Gasteiger partial charge in [0.05, 0.1) is 4.88 Å². The highest BCUT2D eigenvalue weighted by Gasteiger charge is 2.48. The minimum atomic E-state index is -1.06. The van der Waals surface area contributed by atoms with E-state index in [-0.39, 0.29) is 17.2 Å². The van der Waals surface area contributed by atoms with Crippen LogP contribution in [-0.4, -0.2) is 26.0 Å². The van der Waals surface area contributed by atoms with Crippen LogP contribution in [0, 0.1) is 25.2 Å². The van der Waals surface area contributed by atoms with Crippen LogP contribution >= 0.6 is 11.3 Å². The van der Waals surface area contributed by atoms with Gasteiger partial charge in [-0.3, -0.25) is 4.79 Å². The Labute approximate surface area is 192 Å². The lowest BCUT2D eigenvalue weighted by Gasteiger charge is -2.44. The molecule has 0 spiro atoms. The first-order valence-corrected chi connectivity index (χ1v) is 11.5. The van der Waals surface area contributed by atoms with Gasteiger partial charge in [-0.25, -0.2) is 15.0 Å². The van der Waals surface area contributed by atoms with Gasteiger partial charge in [0.15, 0.2) is 0 Å². The number of nitrogens with two attached hydrogens (primary N) is 1. The molecule has 1 aliphatic rings. The van der Waals surface area contributed by atoms with Crippen molar-refractivity contribution >= 4 is 28.9 Å². The van der Waals surface area contributed by atoms with Crippen LogP contribution in [0.3, 0.4) is 0 Å². The predicted molar refractivity (Wildman–Crippen MR) is 127 cm³/mol. The largest absolute Gasteiger partial charge is 0.383 e. The van der Waals surface area contributed by atoms with Crippen molar-refractivity contribution in [3.8, 4) is 10.4 Å². The van der Waals surface area contributed by atoms with Crippen molar-refractivity contribution in [1.82, 2.24) is 15.0 Å². The van der Waals surface area contributed by atoms with Gasteiger partial charge >= 0.3 is 0 Å². The molecule has 2 aromatic heterocycles. The van der Waals surface area contributed by atoms with Gasteiger partial charge in [0.1, 0.15) is 10.6 Å². The normalized spacial score (nSPS) is 22.5. The number of carbonyl (C=O) groups is 1. The van der Waals surface area contributed by atoms with Gasteiger partial charge in [-0.05, 0) is 67.9 Å². The SMILES string of the molecule is Cc1cc(Nc2nccc(C)n2)cc(-c2cnc(C3(O)CCC(C(N)=O)C(C)(C)C3)s2)c1. The Morgan fingerprint density at radius 2 is 2.03 bits per heavy atom. The third-order valence-corrected chi connectivity index (χ3v) is 7.44. The van der Waals surface area contributed by atoms with E-state index < -0.39 is 5.60 Å². The molecule has 0 bridgehead atoms. The van der Waals surface area contributed by atoms with Crippen LogP contribution in [0.5, 0.6) is 0 Å². The quantitative estimate of drug-likeness (QED) is 0.528. The maximum atomic E-state index is 11.8. The summed E-state index contributed by atoms with van der Waals surface area (Å²) in [7, 11) is 0. The molecule has 168 valence electrons. The summed E-state index contributed by atoms with van der Waals surface area (Å²) in [6.07, 6.45) is 5.02. The second-order valence-electron chi connectivity index (χ2n) is 9.45. The van der Waals surface area contributed by atoms with E-state index in [1.165, 1.54) is 11.3 Å².